The molecule has 1 atom stereocenters. The molecule has 2 heterocycles. The van der Waals surface area contributed by atoms with E-state index in [0.717, 1.165) is 30.3 Å². The van der Waals surface area contributed by atoms with Crippen LogP contribution in [-0.2, 0) is 11.3 Å². The Kier molecular flexibility index (Phi) is 5.13. The summed E-state index contributed by atoms with van der Waals surface area (Å²) in [7, 11) is 4.01. The maximum Gasteiger partial charge on any atom is 0.210 e. The van der Waals surface area contributed by atoms with Gasteiger partial charge in [0.25, 0.3) is 0 Å². The summed E-state index contributed by atoms with van der Waals surface area (Å²) in [4.78, 5) is 14.6. The van der Waals surface area contributed by atoms with Gasteiger partial charge in [0.1, 0.15) is 11.8 Å². The first-order valence-corrected chi connectivity index (χ1v) is 7.40. The number of aromatic nitrogens is 2. The maximum absolute atomic E-state index is 12.5. The largest absolute Gasteiger partial charge is 0.370 e. The number of Topliss-reactive ketones (excluding diaryl/α,β-unsaturated/α-hetero) is 1. The number of nitrogens with zero attached hydrogens (tertiary/aromatic N) is 3. The molecule has 2 rings (SSSR count). The molecular formula is C13H20BrN3O2. The second-order valence-corrected chi connectivity index (χ2v) is 5.94. The van der Waals surface area contributed by atoms with Gasteiger partial charge < -0.3 is 9.64 Å². The summed E-state index contributed by atoms with van der Waals surface area (Å²) in [5, 5.41) is 4.27. The van der Waals surface area contributed by atoms with Gasteiger partial charge in [0.2, 0.25) is 5.78 Å². The molecule has 106 valence electrons. The summed E-state index contributed by atoms with van der Waals surface area (Å²) >= 11 is 3.42. The number of rotatable bonds is 5. The summed E-state index contributed by atoms with van der Waals surface area (Å²) < 4.78 is 8.10. The van der Waals surface area contributed by atoms with Crippen LogP contribution < -0.4 is 0 Å². The molecule has 1 aliphatic heterocycles. The third-order valence-corrected chi connectivity index (χ3v) is 3.84. The van der Waals surface area contributed by atoms with Gasteiger partial charge in [-0.3, -0.25) is 9.48 Å². The molecule has 0 saturated carbocycles. The smallest absolute Gasteiger partial charge is 0.210 e. The number of hydrogen-bond donors (Lipinski definition) is 0. The predicted octanol–water partition coefficient (Wildman–Crippen LogP) is 1.96. The van der Waals surface area contributed by atoms with E-state index in [0.29, 0.717) is 18.8 Å². The number of likely N-dealkylation sites (N-methyl/N-ethyl adjacent to an activating group) is 1. The Balaban J connectivity index is 2.13. The van der Waals surface area contributed by atoms with Crippen molar-refractivity contribution in [3.8, 4) is 0 Å². The fourth-order valence-corrected chi connectivity index (χ4v) is 2.66. The van der Waals surface area contributed by atoms with Crippen LogP contribution in [0.15, 0.2) is 10.7 Å². The van der Waals surface area contributed by atoms with Crippen molar-refractivity contribution in [1.82, 2.24) is 14.7 Å². The highest BCUT2D eigenvalue weighted by molar-refractivity contribution is 9.10. The Bertz CT molecular complexity index is 439. The molecule has 1 aromatic heterocycles. The van der Waals surface area contributed by atoms with Gasteiger partial charge >= 0.3 is 0 Å². The van der Waals surface area contributed by atoms with E-state index >= 15 is 0 Å². The fraction of sp³-hybridized carbons (Fsp3) is 0.692. The van der Waals surface area contributed by atoms with E-state index in [-0.39, 0.29) is 11.9 Å². The van der Waals surface area contributed by atoms with E-state index in [1.807, 2.05) is 14.1 Å². The molecule has 6 heteroatoms. The molecule has 5 nitrogen and oxygen atoms in total. The van der Waals surface area contributed by atoms with Crippen LogP contribution in [0.1, 0.15) is 29.8 Å². The van der Waals surface area contributed by atoms with Crippen LogP contribution in [0, 0.1) is 0 Å². The Hall–Kier alpha value is -0.720. The molecule has 0 spiro atoms. The summed E-state index contributed by atoms with van der Waals surface area (Å²) in [6.07, 6.45) is 4.29. The van der Waals surface area contributed by atoms with Crippen molar-refractivity contribution < 1.29 is 9.53 Å². The predicted molar refractivity (Wildman–Crippen MR) is 76.4 cm³/mol. The first kappa shape index (κ1) is 14.7. The Morgan fingerprint density at radius 2 is 2.37 bits per heavy atom. The highest BCUT2D eigenvalue weighted by atomic mass is 79.9. The Morgan fingerprint density at radius 3 is 3.00 bits per heavy atom. The minimum Gasteiger partial charge on any atom is -0.370 e. The fourth-order valence-electron chi connectivity index (χ4n) is 2.17. The molecule has 0 radical (unpaired) electrons. The van der Waals surface area contributed by atoms with Crippen molar-refractivity contribution in [1.29, 1.82) is 0 Å². The number of carbonyl (C=O) groups is 1. The molecule has 0 bridgehead atoms. The highest BCUT2D eigenvalue weighted by Gasteiger charge is 2.28. The van der Waals surface area contributed by atoms with Crippen LogP contribution in [0.2, 0.25) is 0 Å². The van der Waals surface area contributed by atoms with Gasteiger partial charge in [-0.05, 0) is 49.3 Å². The van der Waals surface area contributed by atoms with Crippen LogP contribution in [-0.4, -0.2) is 53.8 Å². The van der Waals surface area contributed by atoms with Gasteiger partial charge in [0.05, 0.1) is 17.2 Å². The van der Waals surface area contributed by atoms with Crippen LogP contribution >= 0.6 is 15.9 Å². The monoisotopic (exact) mass is 329 g/mol. The third kappa shape index (κ3) is 3.64. The van der Waals surface area contributed by atoms with Gasteiger partial charge in [-0.1, -0.05) is 0 Å². The van der Waals surface area contributed by atoms with E-state index in [9.17, 15) is 4.79 Å². The van der Waals surface area contributed by atoms with Gasteiger partial charge in [-0.25, -0.2) is 0 Å². The lowest BCUT2D eigenvalue weighted by Gasteiger charge is -2.22. The second kappa shape index (κ2) is 6.63. The van der Waals surface area contributed by atoms with Crippen LogP contribution in [0.5, 0.6) is 0 Å². The maximum atomic E-state index is 12.5. The van der Waals surface area contributed by atoms with E-state index in [4.69, 9.17) is 4.74 Å². The Morgan fingerprint density at radius 1 is 1.58 bits per heavy atom. The molecule has 1 aliphatic rings. The van der Waals surface area contributed by atoms with E-state index in [1.165, 1.54) is 0 Å². The minimum absolute atomic E-state index is 0.0443. The van der Waals surface area contributed by atoms with Gasteiger partial charge in [-0.15, -0.1) is 0 Å². The van der Waals surface area contributed by atoms with Crippen LogP contribution in [0.3, 0.4) is 0 Å². The molecule has 1 saturated heterocycles. The number of carbonyl (C=O) groups excluding carboxylic acids is 1. The van der Waals surface area contributed by atoms with Crippen molar-refractivity contribution >= 4 is 21.7 Å². The molecular weight excluding hydrogens is 310 g/mol. The zero-order chi connectivity index (χ0) is 13.8. The van der Waals surface area contributed by atoms with Gasteiger partial charge in [0, 0.05) is 13.2 Å². The highest BCUT2D eigenvalue weighted by Crippen LogP contribution is 2.22. The molecule has 1 fully saturated rings. The van der Waals surface area contributed by atoms with Crippen molar-refractivity contribution in [3.63, 3.8) is 0 Å². The van der Waals surface area contributed by atoms with Crippen molar-refractivity contribution in [2.75, 3.05) is 27.2 Å². The molecule has 1 aromatic rings. The second-order valence-electron chi connectivity index (χ2n) is 5.09. The first-order valence-electron chi connectivity index (χ1n) is 6.61. The number of halogens is 1. The lowest BCUT2D eigenvalue weighted by Crippen LogP contribution is -2.31. The van der Waals surface area contributed by atoms with E-state index in [2.05, 4.69) is 25.9 Å². The van der Waals surface area contributed by atoms with Gasteiger partial charge in [-0.2, -0.15) is 5.10 Å². The lowest BCUT2D eigenvalue weighted by molar-refractivity contribution is 0.0178. The summed E-state index contributed by atoms with van der Waals surface area (Å²) in [5.74, 6) is 0.0443. The van der Waals surface area contributed by atoms with E-state index in [1.54, 1.807) is 10.9 Å². The summed E-state index contributed by atoms with van der Waals surface area (Å²) in [5.41, 5.74) is 0.633. The molecule has 0 aromatic carbocycles. The van der Waals surface area contributed by atoms with Crippen LogP contribution in [0.4, 0.5) is 0 Å². The van der Waals surface area contributed by atoms with Crippen LogP contribution in [0.25, 0.3) is 0 Å². The quantitative estimate of drug-likeness (QED) is 0.775. The molecule has 1 unspecified atom stereocenters. The first-order chi connectivity index (χ1) is 9.09. The molecule has 0 N–H and O–H groups in total. The standard InChI is InChI=1S/C13H20BrN3O2/c1-16(2)6-7-17-12(10(14)9-15-17)13(18)11-5-3-4-8-19-11/h9,11H,3-8H2,1-2H3. The number of hydrogen-bond acceptors (Lipinski definition) is 4. The molecule has 19 heavy (non-hydrogen) atoms. The zero-order valence-electron chi connectivity index (χ0n) is 11.4. The summed E-state index contributed by atoms with van der Waals surface area (Å²) in [6, 6.07) is 0. The van der Waals surface area contributed by atoms with Crippen molar-refractivity contribution in [2.45, 2.75) is 31.9 Å². The summed E-state index contributed by atoms with van der Waals surface area (Å²) in [6.45, 7) is 2.23. The normalized spacial score (nSPS) is 19.9. The average Bonchev–Trinajstić information content (AvgIpc) is 2.78. The van der Waals surface area contributed by atoms with E-state index < -0.39 is 0 Å². The van der Waals surface area contributed by atoms with Crippen molar-refractivity contribution in [2.24, 2.45) is 0 Å². The third-order valence-electron chi connectivity index (χ3n) is 3.26. The molecule has 0 amide bonds. The zero-order valence-corrected chi connectivity index (χ0v) is 13.0. The molecule has 0 aliphatic carbocycles. The number of ketones is 1. The topological polar surface area (TPSA) is 47.4 Å². The van der Waals surface area contributed by atoms with Gasteiger partial charge in [0.15, 0.2) is 0 Å². The lowest BCUT2D eigenvalue weighted by atomic mass is 10.0. The average molecular weight is 330 g/mol. The number of ether oxygens (including phenoxy) is 1. The Labute approximate surface area is 122 Å². The minimum atomic E-state index is -0.306. The van der Waals surface area contributed by atoms with Crippen molar-refractivity contribution in [3.05, 3.63) is 16.4 Å². The SMILES string of the molecule is CN(C)CCn1ncc(Br)c1C(=O)C1CCCCO1.